The maximum Gasteiger partial charge on any atom is 0.161 e. The van der Waals surface area contributed by atoms with Crippen molar-refractivity contribution in [3.05, 3.63) is 29.8 Å². The van der Waals surface area contributed by atoms with E-state index in [1.165, 1.54) is 12.8 Å². The van der Waals surface area contributed by atoms with Gasteiger partial charge in [0.1, 0.15) is 0 Å². The van der Waals surface area contributed by atoms with E-state index in [0.717, 1.165) is 24.3 Å². The van der Waals surface area contributed by atoms with Gasteiger partial charge < -0.3 is 4.90 Å². The van der Waals surface area contributed by atoms with Crippen molar-refractivity contribution < 1.29 is 4.79 Å². The van der Waals surface area contributed by atoms with Crippen LogP contribution in [0.25, 0.3) is 0 Å². The van der Waals surface area contributed by atoms with Crippen LogP contribution in [0.4, 0.5) is 5.69 Å². The molecule has 0 radical (unpaired) electrons. The lowest BCUT2D eigenvalue weighted by molar-refractivity contribution is 0.101. The van der Waals surface area contributed by atoms with Crippen LogP contribution in [0.1, 0.15) is 30.1 Å². The second-order valence-electron chi connectivity index (χ2n) is 4.93. The molecule has 3 rings (SSSR count). The average molecular weight is 201 g/mol. The first-order valence-electron chi connectivity index (χ1n) is 5.55. The van der Waals surface area contributed by atoms with Crippen LogP contribution in [-0.2, 0) is 0 Å². The molecule has 1 saturated heterocycles. The van der Waals surface area contributed by atoms with Crippen molar-refractivity contribution in [1.29, 1.82) is 0 Å². The summed E-state index contributed by atoms with van der Waals surface area (Å²) < 4.78 is 0. The zero-order chi connectivity index (χ0) is 10.5. The highest BCUT2D eigenvalue weighted by molar-refractivity contribution is 5.99. The van der Waals surface area contributed by atoms with Crippen LogP contribution in [0.2, 0.25) is 0 Å². The summed E-state index contributed by atoms with van der Waals surface area (Å²) in [5.41, 5.74) is 2.64. The first-order valence-corrected chi connectivity index (χ1v) is 5.55. The quantitative estimate of drug-likeness (QED) is 0.685. The van der Waals surface area contributed by atoms with Gasteiger partial charge >= 0.3 is 0 Å². The van der Waals surface area contributed by atoms with Gasteiger partial charge in [0, 0.05) is 29.8 Å². The van der Waals surface area contributed by atoms with E-state index >= 15 is 0 Å². The second kappa shape index (κ2) is 2.84. The highest BCUT2D eigenvalue weighted by Gasteiger charge is 2.52. The number of anilines is 1. The number of nitrogens with zero attached hydrogens (tertiary/aromatic N) is 1. The molecule has 1 aliphatic carbocycles. The summed E-state index contributed by atoms with van der Waals surface area (Å²) in [5, 5.41) is 0. The van der Waals surface area contributed by atoms with Crippen molar-refractivity contribution in [2.24, 2.45) is 5.41 Å². The van der Waals surface area contributed by atoms with Crippen LogP contribution >= 0.6 is 0 Å². The van der Waals surface area contributed by atoms with E-state index < -0.39 is 0 Å². The summed E-state index contributed by atoms with van der Waals surface area (Å²) in [7, 11) is 0. The molecule has 1 saturated carbocycles. The summed E-state index contributed by atoms with van der Waals surface area (Å²) in [5.74, 6) is 0.169. The third-order valence-electron chi connectivity index (χ3n) is 3.63. The lowest BCUT2D eigenvalue weighted by Gasteiger charge is -2.42. The average Bonchev–Trinajstić information content (AvgIpc) is 2.95. The van der Waals surface area contributed by atoms with E-state index in [-0.39, 0.29) is 5.78 Å². The number of hydrogen-bond donors (Lipinski definition) is 0. The number of carbonyl (C=O) groups excluding carboxylic acids is 1. The first-order chi connectivity index (χ1) is 7.20. The number of rotatable bonds is 2. The Morgan fingerprint density at radius 3 is 2.53 bits per heavy atom. The maximum atomic E-state index is 11.5. The molecule has 0 unspecified atom stereocenters. The Morgan fingerprint density at radius 2 is 1.93 bits per heavy atom. The van der Waals surface area contributed by atoms with Crippen LogP contribution < -0.4 is 4.90 Å². The summed E-state index contributed by atoms with van der Waals surface area (Å²) in [6, 6.07) is 7.94. The molecule has 1 aliphatic heterocycles. The fraction of sp³-hybridized carbons (Fsp3) is 0.462. The highest BCUT2D eigenvalue weighted by atomic mass is 16.1. The minimum Gasteiger partial charge on any atom is -0.370 e. The number of hydrogen-bond acceptors (Lipinski definition) is 2. The minimum absolute atomic E-state index is 0.169. The fourth-order valence-electron chi connectivity index (χ4n) is 2.47. The molecular formula is C13H15NO. The van der Waals surface area contributed by atoms with E-state index in [2.05, 4.69) is 11.0 Å². The third kappa shape index (κ3) is 1.36. The number of Topliss-reactive ketones (excluding diaryl/α,β-unsaturated/α-hetero) is 1. The van der Waals surface area contributed by atoms with Crippen molar-refractivity contribution in [3.63, 3.8) is 0 Å². The van der Waals surface area contributed by atoms with Crippen LogP contribution in [0.3, 0.4) is 0 Å². The van der Waals surface area contributed by atoms with Gasteiger partial charge in [-0.1, -0.05) is 12.1 Å². The maximum absolute atomic E-state index is 11.5. The van der Waals surface area contributed by atoms with Gasteiger partial charge in [-0.3, -0.25) is 4.79 Å². The molecule has 2 aliphatic rings. The molecule has 2 heteroatoms. The van der Waals surface area contributed by atoms with Crippen molar-refractivity contribution in [3.8, 4) is 0 Å². The molecule has 1 spiro atoms. The van der Waals surface area contributed by atoms with E-state index in [9.17, 15) is 4.79 Å². The van der Waals surface area contributed by atoms with E-state index in [1.807, 2.05) is 18.2 Å². The molecule has 0 bridgehead atoms. The summed E-state index contributed by atoms with van der Waals surface area (Å²) >= 11 is 0. The Morgan fingerprint density at radius 1 is 1.27 bits per heavy atom. The van der Waals surface area contributed by atoms with Crippen LogP contribution in [0, 0.1) is 5.41 Å². The Balaban J connectivity index is 1.88. The molecule has 78 valence electrons. The topological polar surface area (TPSA) is 20.3 Å². The standard InChI is InChI=1S/C13H15NO/c1-10(15)11-4-2-3-5-12(11)14-8-13(9-14)6-7-13/h2-5H,6-9H2,1H3. The van der Waals surface area contributed by atoms with Crippen molar-refractivity contribution >= 4 is 11.5 Å². The summed E-state index contributed by atoms with van der Waals surface area (Å²) in [4.78, 5) is 13.8. The second-order valence-corrected chi connectivity index (χ2v) is 4.93. The summed E-state index contributed by atoms with van der Waals surface area (Å²) in [6.45, 7) is 3.94. The van der Waals surface area contributed by atoms with Gasteiger partial charge in [-0.15, -0.1) is 0 Å². The molecule has 0 N–H and O–H groups in total. The summed E-state index contributed by atoms with van der Waals surface area (Å²) in [6.07, 6.45) is 2.76. The Bertz CT molecular complexity index is 412. The molecule has 0 atom stereocenters. The normalized spacial score (nSPS) is 21.3. The molecule has 2 fully saturated rings. The molecule has 0 amide bonds. The van der Waals surface area contributed by atoms with Gasteiger partial charge in [0.05, 0.1) is 0 Å². The van der Waals surface area contributed by atoms with E-state index in [1.54, 1.807) is 6.92 Å². The minimum atomic E-state index is 0.169. The number of para-hydroxylation sites is 1. The van der Waals surface area contributed by atoms with Gasteiger partial charge in [-0.25, -0.2) is 0 Å². The van der Waals surface area contributed by atoms with Gasteiger partial charge in [0.25, 0.3) is 0 Å². The molecular weight excluding hydrogens is 186 g/mol. The van der Waals surface area contributed by atoms with Crippen molar-refractivity contribution in [2.45, 2.75) is 19.8 Å². The van der Waals surface area contributed by atoms with Crippen molar-refractivity contribution in [2.75, 3.05) is 18.0 Å². The van der Waals surface area contributed by atoms with Crippen LogP contribution in [0.15, 0.2) is 24.3 Å². The molecule has 15 heavy (non-hydrogen) atoms. The fourth-order valence-corrected chi connectivity index (χ4v) is 2.47. The van der Waals surface area contributed by atoms with Crippen LogP contribution in [0.5, 0.6) is 0 Å². The van der Waals surface area contributed by atoms with Crippen molar-refractivity contribution in [1.82, 2.24) is 0 Å². The lowest BCUT2D eigenvalue weighted by Crippen LogP contribution is -2.49. The molecule has 1 aromatic carbocycles. The number of carbonyl (C=O) groups is 1. The molecule has 2 nitrogen and oxygen atoms in total. The Labute approximate surface area is 89.9 Å². The molecule has 1 heterocycles. The zero-order valence-electron chi connectivity index (χ0n) is 8.99. The zero-order valence-corrected chi connectivity index (χ0v) is 8.99. The van der Waals surface area contributed by atoms with Gasteiger partial charge in [-0.2, -0.15) is 0 Å². The van der Waals surface area contributed by atoms with Crippen LogP contribution in [-0.4, -0.2) is 18.9 Å². The molecule has 0 aromatic heterocycles. The molecule has 1 aromatic rings. The van der Waals surface area contributed by atoms with Gasteiger partial charge in [0.2, 0.25) is 0 Å². The predicted molar refractivity (Wildman–Crippen MR) is 60.3 cm³/mol. The SMILES string of the molecule is CC(=O)c1ccccc1N1CC2(CC2)C1. The van der Waals surface area contributed by atoms with Gasteiger partial charge in [-0.05, 0) is 31.9 Å². The Kier molecular flexibility index (Phi) is 1.70. The lowest BCUT2D eigenvalue weighted by atomic mass is 9.94. The van der Waals surface area contributed by atoms with E-state index in [4.69, 9.17) is 0 Å². The smallest absolute Gasteiger partial charge is 0.161 e. The predicted octanol–water partition coefficient (Wildman–Crippen LogP) is 2.49. The van der Waals surface area contributed by atoms with Gasteiger partial charge in [0.15, 0.2) is 5.78 Å². The monoisotopic (exact) mass is 201 g/mol. The Hall–Kier alpha value is -1.31. The first kappa shape index (κ1) is 8.96. The number of ketones is 1. The number of benzene rings is 1. The largest absolute Gasteiger partial charge is 0.370 e. The third-order valence-corrected chi connectivity index (χ3v) is 3.63. The van der Waals surface area contributed by atoms with E-state index in [0.29, 0.717) is 5.41 Å². The highest BCUT2D eigenvalue weighted by Crippen LogP contribution is 2.54.